The third-order valence-electron chi connectivity index (χ3n) is 5.67. The van der Waals surface area contributed by atoms with Crippen LogP contribution in [-0.4, -0.2) is 11.6 Å². The van der Waals surface area contributed by atoms with Gasteiger partial charge in [0.1, 0.15) is 35.7 Å². The molecular formula is C28H24O4S. The van der Waals surface area contributed by atoms with E-state index in [2.05, 4.69) is 12.0 Å². The van der Waals surface area contributed by atoms with Crippen molar-refractivity contribution in [3.05, 3.63) is 113 Å². The fourth-order valence-corrected chi connectivity index (χ4v) is 5.32. The third kappa shape index (κ3) is 4.64. The quantitative estimate of drug-likeness (QED) is 0.327. The van der Waals surface area contributed by atoms with Gasteiger partial charge in [-0.3, -0.25) is 0 Å². The molecule has 0 amide bonds. The topological polar surface area (TPSA) is 58.9 Å². The molecule has 5 heteroatoms. The van der Waals surface area contributed by atoms with Gasteiger partial charge < -0.3 is 19.7 Å². The van der Waals surface area contributed by atoms with E-state index in [0.717, 1.165) is 38.6 Å². The summed E-state index contributed by atoms with van der Waals surface area (Å²) in [7, 11) is 0. The van der Waals surface area contributed by atoms with Crippen LogP contribution in [0.2, 0.25) is 0 Å². The Morgan fingerprint density at radius 3 is 2.33 bits per heavy atom. The van der Waals surface area contributed by atoms with Crippen LogP contribution in [0.4, 0.5) is 0 Å². The Bertz CT molecular complexity index is 1260. The van der Waals surface area contributed by atoms with Crippen molar-refractivity contribution in [3.63, 3.8) is 0 Å². The molecule has 4 nitrogen and oxygen atoms in total. The van der Waals surface area contributed by atoms with Crippen LogP contribution in [0.15, 0.2) is 95.9 Å². The van der Waals surface area contributed by atoms with Crippen molar-refractivity contribution in [1.82, 2.24) is 0 Å². The van der Waals surface area contributed by atoms with E-state index in [1.165, 1.54) is 0 Å². The first kappa shape index (κ1) is 20.1. The summed E-state index contributed by atoms with van der Waals surface area (Å²) in [5.74, 6) is 2.26. The van der Waals surface area contributed by atoms with Crippen molar-refractivity contribution in [1.29, 1.82) is 1.43 Å². The van der Waals surface area contributed by atoms with E-state index in [4.69, 9.17) is 10.9 Å². The second-order valence-electron chi connectivity index (χ2n) is 8.08. The standard InChI is InChI=1S/C28H24O4S/c1-18-15-24(31-17-19-5-3-2-4-6-19)16-25-27(18)33-28(21-9-13-23(30)14-10-21)26(32-25)20-7-11-22(29)12-8-20/h2-16,26,28-30H,17H2,1H3/t26-,28+/m1/s1/i/hT. The van der Waals surface area contributed by atoms with E-state index in [1.807, 2.05) is 66.7 Å². The van der Waals surface area contributed by atoms with Crippen molar-refractivity contribution in [2.24, 2.45) is 0 Å². The zero-order valence-electron chi connectivity index (χ0n) is 19.1. The van der Waals surface area contributed by atoms with Crippen LogP contribution >= 0.6 is 11.8 Å². The molecule has 0 bridgehead atoms. The van der Waals surface area contributed by atoms with Gasteiger partial charge in [-0.05, 0) is 59.5 Å². The number of rotatable bonds is 6. The van der Waals surface area contributed by atoms with Crippen LogP contribution in [0.3, 0.4) is 0 Å². The lowest BCUT2D eigenvalue weighted by molar-refractivity contribution is 0.189. The molecule has 4 aromatic rings. The number of hydrogen-bond donors (Lipinski definition) is 2. The number of phenols is 2. The Kier molecular flexibility index (Phi) is 5.55. The molecule has 0 aromatic heterocycles. The summed E-state index contributed by atoms with van der Waals surface area (Å²) in [6.45, 7) is 2.56. The lowest BCUT2D eigenvalue weighted by atomic mass is 10.00. The van der Waals surface area contributed by atoms with Crippen molar-refractivity contribution in [2.45, 2.75) is 29.8 Å². The molecule has 0 aliphatic carbocycles. The summed E-state index contributed by atoms with van der Waals surface area (Å²) in [4.78, 5) is 1.08. The molecule has 1 aliphatic heterocycles. The van der Waals surface area contributed by atoms with Crippen molar-refractivity contribution in [3.8, 4) is 23.0 Å². The van der Waals surface area contributed by atoms with Crippen LogP contribution in [0, 0.1) is 6.92 Å². The first-order chi connectivity index (χ1) is 16.6. The highest BCUT2D eigenvalue weighted by atomic mass is 32.2. The van der Waals surface area contributed by atoms with Crippen LogP contribution in [0.25, 0.3) is 0 Å². The van der Waals surface area contributed by atoms with E-state index >= 15 is 0 Å². The monoisotopic (exact) mass is 458 g/mol. The van der Waals surface area contributed by atoms with Gasteiger partial charge in [0.2, 0.25) is 0 Å². The van der Waals surface area contributed by atoms with Gasteiger partial charge in [0.05, 0.1) is 10.1 Å². The Morgan fingerprint density at radius 1 is 0.909 bits per heavy atom. The van der Waals surface area contributed by atoms with E-state index < -0.39 is 0 Å². The average Bonchev–Trinajstić information content (AvgIpc) is 2.88. The van der Waals surface area contributed by atoms with Crippen LogP contribution in [0.1, 0.15) is 33.6 Å². The summed E-state index contributed by atoms with van der Waals surface area (Å²) < 4.78 is 19.8. The van der Waals surface area contributed by atoms with E-state index in [-0.39, 0.29) is 17.1 Å². The van der Waals surface area contributed by atoms with Gasteiger partial charge in [-0.15, -0.1) is 11.8 Å². The molecule has 0 unspecified atom stereocenters. The zero-order chi connectivity index (χ0) is 23.5. The molecule has 4 aromatic carbocycles. The number of benzene rings is 4. The number of thioether (sulfide) groups is 1. The molecule has 166 valence electrons. The Balaban J connectivity index is 1.48. The number of aryl methyl sites for hydroxylation is 1. The molecule has 0 radical (unpaired) electrons. The van der Waals surface area contributed by atoms with E-state index in [9.17, 15) is 5.11 Å². The highest BCUT2D eigenvalue weighted by molar-refractivity contribution is 7.99. The number of fused-ring (bicyclic) bond motifs is 1. The normalized spacial score (nSPS) is 17.4. The second kappa shape index (κ2) is 9.12. The second-order valence-corrected chi connectivity index (χ2v) is 9.23. The average molecular weight is 459 g/mol. The van der Waals surface area contributed by atoms with Crippen LogP contribution < -0.4 is 9.47 Å². The molecule has 2 N–H and O–H groups in total. The summed E-state index contributed by atoms with van der Waals surface area (Å²) in [6, 6.07) is 28.7. The third-order valence-corrected chi connectivity index (χ3v) is 7.20. The first-order valence-electron chi connectivity index (χ1n) is 11.2. The lowest BCUT2D eigenvalue weighted by Crippen LogP contribution is -2.19. The molecule has 0 saturated heterocycles. The summed E-state index contributed by atoms with van der Waals surface area (Å²) in [5.41, 5.74) is 4.23. The van der Waals surface area contributed by atoms with Gasteiger partial charge in [-0.1, -0.05) is 54.6 Å². The summed E-state index contributed by atoms with van der Waals surface area (Å²) in [6.07, 6.45) is -0.273. The maximum Gasteiger partial charge on any atom is 0.293 e. The van der Waals surface area contributed by atoms with Gasteiger partial charge in [-0.2, -0.15) is 0 Å². The minimum absolute atomic E-state index is 0.0217. The SMILES string of the molecule is [3H]Oc1ccc([C@@H]2Sc3c(C)cc(OCc4ccccc4)cc3O[C@@H]2c2ccc(O)cc2)cc1. The number of phenolic OH excluding ortho intramolecular Hbond substituents is 2. The Labute approximate surface area is 198 Å². The van der Waals surface area contributed by atoms with E-state index in [0.29, 0.717) is 12.4 Å². The van der Waals surface area contributed by atoms with Gasteiger partial charge in [-0.25, -0.2) is 0 Å². The fraction of sp³-hybridized carbons (Fsp3) is 0.143. The highest BCUT2D eigenvalue weighted by Gasteiger charge is 2.34. The molecular weight excluding hydrogens is 432 g/mol. The maximum absolute atomic E-state index is 9.79. The maximum atomic E-state index is 9.79. The minimum Gasteiger partial charge on any atom is -0.508 e. The van der Waals surface area contributed by atoms with Crippen LogP contribution in [-0.2, 0) is 6.61 Å². The molecule has 2 atom stereocenters. The van der Waals surface area contributed by atoms with Crippen molar-refractivity contribution < 1.29 is 19.7 Å². The predicted molar refractivity (Wildman–Crippen MR) is 130 cm³/mol. The van der Waals surface area contributed by atoms with E-state index in [1.54, 1.807) is 36.0 Å². The Hall–Kier alpha value is -3.57. The first-order valence-corrected chi connectivity index (χ1v) is 11.7. The van der Waals surface area contributed by atoms with Crippen molar-refractivity contribution >= 4 is 11.8 Å². The van der Waals surface area contributed by atoms with Gasteiger partial charge >= 0.3 is 0 Å². The zero-order valence-corrected chi connectivity index (χ0v) is 18.9. The fourth-order valence-electron chi connectivity index (χ4n) is 3.97. The van der Waals surface area contributed by atoms with Crippen molar-refractivity contribution in [2.75, 3.05) is 0 Å². The molecule has 1 aliphatic rings. The number of aromatic hydroxyl groups is 2. The summed E-state index contributed by atoms with van der Waals surface area (Å²) >= 11 is 1.75. The van der Waals surface area contributed by atoms with Gasteiger partial charge in [0.25, 0.3) is 1.43 Å². The Morgan fingerprint density at radius 2 is 1.61 bits per heavy atom. The molecule has 0 fully saturated rings. The molecule has 5 rings (SSSR count). The molecule has 0 saturated carbocycles. The van der Waals surface area contributed by atoms with Crippen LogP contribution in [0.5, 0.6) is 23.0 Å². The molecule has 33 heavy (non-hydrogen) atoms. The van der Waals surface area contributed by atoms with Gasteiger partial charge in [0, 0.05) is 6.07 Å². The number of hydrogen-bond acceptors (Lipinski definition) is 5. The predicted octanol–water partition coefficient (Wildman–Crippen LogP) is 6.95. The number of ether oxygens (including phenoxy) is 2. The molecule has 1 heterocycles. The largest absolute Gasteiger partial charge is 0.508 e. The highest BCUT2D eigenvalue weighted by Crippen LogP contribution is 2.55. The minimum atomic E-state index is -0.273. The summed E-state index contributed by atoms with van der Waals surface area (Å²) in [5, 5.41) is 14.4. The lowest BCUT2D eigenvalue weighted by Gasteiger charge is -2.35. The molecule has 0 spiro atoms. The smallest absolute Gasteiger partial charge is 0.293 e. The van der Waals surface area contributed by atoms with Gasteiger partial charge in [0.15, 0.2) is 0 Å².